The van der Waals surface area contributed by atoms with Gasteiger partial charge in [-0.1, -0.05) is 13.0 Å². The second-order valence-electron chi connectivity index (χ2n) is 5.68. The highest BCUT2D eigenvalue weighted by Gasteiger charge is 2.22. The average molecular weight is 448 g/mol. The van der Waals surface area contributed by atoms with E-state index in [1.54, 1.807) is 6.33 Å². The molecule has 24 heavy (non-hydrogen) atoms. The van der Waals surface area contributed by atoms with Crippen molar-refractivity contribution in [3.8, 4) is 0 Å². The molecule has 1 aliphatic rings. The van der Waals surface area contributed by atoms with E-state index < -0.39 is 0 Å². The highest BCUT2D eigenvalue weighted by molar-refractivity contribution is 14.0. The van der Waals surface area contributed by atoms with Gasteiger partial charge < -0.3 is 19.9 Å². The molecule has 2 N–H and O–H groups in total. The van der Waals surface area contributed by atoms with Crippen LogP contribution in [0.4, 0.5) is 0 Å². The van der Waals surface area contributed by atoms with Crippen molar-refractivity contribution in [3.05, 3.63) is 24.8 Å². The lowest BCUT2D eigenvalue weighted by molar-refractivity contribution is 0.0890. The predicted molar refractivity (Wildman–Crippen MR) is 107 cm³/mol. The molecule has 2 unspecified atom stereocenters. The largest absolute Gasteiger partial charge is 0.376 e. The molecule has 0 radical (unpaired) electrons. The summed E-state index contributed by atoms with van der Waals surface area (Å²) < 4.78 is 7.77. The van der Waals surface area contributed by atoms with Crippen molar-refractivity contribution < 1.29 is 4.74 Å². The van der Waals surface area contributed by atoms with Crippen molar-refractivity contribution in [2.75, 3.05) is 19.7 Å². The van der Waals surface area contributed by atoms with E-state index in [0.29, 0.717) is 13.1 Å². The number of aromatic nitrogens is 3. The molecule has 2 rings (SSSR count). The minimum atomic E-state index is 0. The zero-order valence-electron chi connectivity index (χ0n) is 14.6. The fourth-order valence-corrected chi connectivity index (χ4v) is 2.64. The van der Waals surface area contributed by atoms with Gasteiger partial charge in [0.1, 0.15) is 12.2 Å². The van der Waals surface area contributed by atoms with Crippen LogP contribution in [-0.4, -0.2) is 52.6 Å². The van der Waals surface area contributed by atoms with Crippen molar-refractivity contribution in [2.45, 2.75) is 51.8 Å². The summed E-state index contributed by atoms with van der Waals surface area (Å²) in [4.78, 5) is 4.64. The summed E-state index contributed by atoms with van der Waals surface area (Å²) in [6.07, 6.45) is 6.95. The first-order valence-electron chi connectivity index (χ1n) is 8.38. The molecule has 0 aromatic carbocycles. The van der Waals surface area contributed by atoms with Crippen LogP contribution in [0.2, 0.25) is 0 Å². The maximum Gasteiger partial charge on any atom is 0.191 e. The molecule has 2 atom stereocenters. The number of hydrogen-bond donors (Lipinski definition) is 2. The molecule has 1 aliphatic heterocycles. The van der Waals surface area contributed by atoms with Crippen LogP contribution in [0, 0.1) is 0 Å². The Balaban J connectivity index is 0.00000288. The number of nitrogens with zero attached hydrogens (tertiary/aromatic N) is 4. The normalized spacial score (nSPS) is 18.8. The lowest BCUT2D eigenvalue weighted by Crippen LogP contribution is -2.47. The van der Waals surface area contributed by atoms with Gasteiger partial charge in [-0.15, -0.1) is 40.8 Å². The number of halogens is 1. The number of ether oxygens (including phenoxy) is 1. The van der Waals surface area contributed by atoms with E-state index in [9.17, 15) is 0 Å². The highest BCUT2D eigenvalue weighted by Crippen LogP contribution is 2.15. The minimum Gasteiger partial charge on any atom is -0.376 e. The Morgan fingerprint density at radius 3 is 3.12 bits per heavy atom. The third-order valence-corrected chi connectivity index (χ3v) is 3.92. The fraction of sp³-hybridized carbons (Fsp3) is 0.688. The van der Waals surface area contributed by atoms with Crippen LogP contribution >= 0.6 is 24.0 Å². The summed E-state index contributed by atoms with van der Waals surface area (Å²) in [6, 6.07) is 0.231. The number of nitrogens with one attached hydrogen (secondary N) is 2. The summed E-state index contributed by atoms with van der Waals surface area (Å²) in [6.45, 7) is 10.9. The van der Waals surface area contributed by atoms with Gasteiger partial charge in [0.05, 0.1) is 18.7 Å². The predicted octanol–water partition coefficient (Wildman–Crippen LogP) is 1.75. The maximum absolute atomic E-state index is 5.73. The van der Waals surface area contributed by atoms with E-state index in [4.69, 9.17) is 4.74 Å². The van der Waals surface area contributed by atoms with Gasteiger partial charge in [0.25, 0.3) is 0 Å². The molecule has 1 saturated heterocycles. The van der Waals surface area contributed by atoms with E-state index in [1.165, 1.54) is 0 Å². The third-order valence-electron chi connectivity index (χ3n) is 3.92. The summed E-state index contributed by atoms with van der Waals surface area (Å²) in [5.41, 5.74) is 0. The van der Waals surface area contributed by atoms with Crippen LogP contribution in [0.3, 0.4) is 0 Å². The molecule has 1 aromatic heterocycles. The number of hydrogen-bond acceptors (Lipinski definition) is 4. The standard InChI is InChI=1S/C16H28N6O.HI/c1-4-8-17-16(20-13(3)14-7-6-11-23-14)18-9-10-22-12-19-21-15(22)5-2;/h4,12-14H,1,5-11H2,2-3H3,(H2,17,18,20);1H. The molecule has 7 nitrogen and oxygen atoms in total. The smallest absolute Gasteiger partial charge is 0.191 e. The quantitative estimate of drug-likeness (QED) is 0.274. The number of guanidine groups is 1. The van der Waals surface area contributed by atoms with Gasteiger partial charge in [0, 0.05) is 26.1 Å². The summed E-state index contributed by atoms with van der Waals surface area (Å²) >= 11 is 0. The molecule has 136 valence electrons. The number of aryl methyl sites for hydroxylation is 1. The van der Waals surface area contributed by atoms with E-state index >= 15 is 0 Å². The first kappa shape index (κ1) is 20.9. The van der Waals surface area contributed by atoms with Crippen LogP contribution < -0.4 is 10.6 Å². The van der Waals surface area contributed by atoms with Crippen LogP contribution in [0.5, 0.6) is 0 Å². The second-order valence-corrected chi connectivity index (χ2v) is 5.68. The Morgan fingerprint density at radius 1 is 1.62 bits per heavy atom. The first-order valence-corrected chi connectivity index (χ1v) is 8.38. The van der Waals surface area contributed by atoms with Crippen LogP contribution in [0.15, 0.2) is 24.0 Å². The fourth-order valence-electron chi connectivity index (χ4n) is 2.64. The van der Waals surface area contributed by atoms with Crippen LogP contribution in [0.1, 0.15) is 32.5 Å². The monoisotopic (exact) mass is 448 g/mol. The lowest BCUT2D eigenvalue weighted by Gasteiger charge is -2.22. The molecular formula is C16H29IN6O. The maximum atomic E-state index is 5.73. The third kappa shape index (κ3) is 6.39. The van der Waals surface area contributed by atoms with Crippen LogP contribution in [-0.2, 0) is 17.7 Å². The minimum absolute atomic E-state index is 0. The average Bonchev–Trinajstić information content (AvgIpc) is 3.23. The Hall–Kier alpha value is -1.16. The van der Waals surface area contributed by atoms with Gasteiger partial charge >= 0.3 is 0 Å². The molecular weight excluding hydrogens is 419 g/mol. The number of aliphatic imine (C=N–C) groups is 1. The van der Waals surface area contributed by atoms with Gasteiger partial charge in [-0.2, -0.15) is 0 Å². The van der Waals surface area contributed by atoms with E-state index in [0.717, 1.165) is 44.2 Å². The Bertz CT molecular complexity index is 512. The van der Waals surface area contributed by atoms with Crippen molar-refractivity contribution in [1.82, 2.24) is 25.4 Å². The Morgan fingerprint density at radius 2 is 2.46 bits per heavy atom. The molecule has 0 saturated carbocycles. The van der Waals surface area contributed by atoms with Crippen molar-refractivity contribution in [1.29, 1.82) is 0 Å². The molecule has 0 amide bonds. The molecule has 0 spiro atoms. The van der Waals surface area contributed by atoms with E-state index in [1.807, 2.05) is 10.6 Å². The zero-order chi connectivity index (χ0) is 16.5. The Kier molecular flexibility index (Phi) is 9.92. The van der Waals surface area contributed by atoms with E-state index in [-0.39, 0.29) is 36.1 Å². The summed E-state index contributed by atoms with van der Waals surface area (Å²) in [5.74, 6) is 1.78. The van der Waals surface area contributed by atoms with Crippen molar-refractivity contribution in [3.63, 3.8) is 0 Å². The topological polar surface area (TPSA) is 76.4 Å². The van der Waals surface area contributed by atoms with Gasteiger partial charge in [-0.3, -0.25) is 4.99 Å². The Labute approximate surface area is 161 Å². The summed E-state index contributed by atoms with van der Waals surface area (Å²) in [7, 11) is 0. The molecule has 2 heterocycles. The molecule has 8 heteroatoms. The van der Waals surface area contributed by atoms with Crippen molar-refractivity contribution in [2.24, 2.45) is 4.99 Å². The summed E-state index contributed by atoms with van der Waals surface area (Å²) in [5, 5.41) is 14.7. The molecule has 1 aromatic rings. The lowest BCUT2D eigenvalue weighted by atomic mass is 10.1. The van der Waals surface area contributed by atoms with Gasteiger partial charge in [0.2, 0.25) is 0 Å². The SMILES string of the molecule is C=CCNC(=NCCn1cnnc1CC)NC(C)C1CCCO1.I. The second kappa shape index (κ2) is 11.4. The van der Waals surface area contributed by atoms with Gasteiger partial charge in [-0.05, 0) is 19.8 Å². The molecule has 0 aliphatic carbocycles. The number of rotatable bonds is 8. The van der Waals surface area contributed by atoms with Gasteiger partial charge in [0.15, 0.2) is 5.96 Å². The molecule has 0 bridgehead atoms. The molecule has 1 fully saturated rings. The highest BCUT2D eigenvalue weighted by atomic mass is 127. The van der Waals surface area contributed by atoms with Crippen molar-refractivity contribution >= 4 is 29.9 Å². The van der Waals surface area contributed by atoms with E-state index in [2.05, 4.69) is 46.2 Å². The van der Waals surface area contributed by atoms with Crippen LogP contribution in [0.25, 0.3) is 0 Å². The zero-order valence-corrected chi connectivity index (χ0v) is 16.9. The van der Waals surface area contributed by atoms with Gasteiger partial charge in [-0.25, -0.2) is 0 Å². The first-order chi connectivity index (χ1) is 11.2.